The molecule has 0 saturated heterocycles. The molecule has 3 nitrogen and oxygen atoms in total. The number of halogens is 2. The first-order valence-electron chi connectivity index (χ1n) is 6.26. The maximum absolute atomic E-state index is 12.0. The minimum Gasteiger partial charge on any atom is -0.450 e. The third kappa shape index (κ3) is 3.87. The Kier molecular flexibility index (Phi) is 5.13. The van der Waals surface area contributed by atoms with Crippen LogP contribution >= 0.6 is 51.1 Å². The second kappa shape index (κ2) is 7.08. The molecular formula is C15H9BrClNO2S2. The largest absolute Gasteiger partial charge is 0.450 e. The zero-order chi connectivity index (χ0) is 15.5. The highest BCUT2D eigenvalue weighted by molar-refractivity contribution is 9.10. The molecule has 0 aliphatic carbocycles. The van der Waals surface area contributed by atoms with Crippen molar-refractivity contribution in [2.45, 2.75) is 5.75 Å². The molecule has 112 valence electrons. The molecule has 0 radical (unpaired) electrons. The van der Waals surface area contributed by atoms with Crippen LogP contribution in [0.1, 0.15) is 11.3 Å². The molecule has 0 N–H and O–H groups in total. The van der Waals surface area contributed by atoms with E-state index in [-0.39, 0.29) is 5.12 Å². The van der Waals surface area contributed by atoms with Crippen LogP contribution in [0.4, 0.5) is 0 Å². The Morgan fingerprint density at radius 2 is 2.14 bits per heavy atom. The number of furan rings is 1. The molecule has 1 aliphatic rings. The van der Waals surface area contributed by atoms with E-state index in [2.05, 4.69) is 20.9 Å². The van der Waals surface area contributed by atoms with E-state index >= 15 is 0 Å². The van der Waals surface area contributed by atoms with Crippen LogP contribution in [0.15, 0.2) is 56.2 Å². The lowest BCUT2D eigenvalue weighted by molar-refractivity contribution is -0.107. The number of carbonyl (C=O) groups is 1. The fraction of sp³-hybridized carbons (Fsp3) is 0.0667. The van der Waals surface area contributed by atoms with Crippen LogP contribution in [-0.2, 0) is 10.5 Å². The Labute approximate surface area is 149 Å². The lowest BCUT2D eigenvalue weighted by Gasteiger charge is -2.02. The number of rotatable bonds is 3. The van der Waals surface area contributed by atoms with Crippen molar-refractivity contribution in [1.29, 1.82) is 0 Å². The zero-order valence-corrected chi connectivity index (χ0v) is 15.1. The molecule has 2 aromatic rings. The summed E-state index contributed by atoms with van der Waals surface area (Å²) in [5.41, 5.74) is 1.42. The van der Waals surface area contributed by atoms with Crippen molar-refractivity contribution in [3.05, 3.63) is 63.1 Å². The van der Waals surface area contributed by atoms with E-state index in [0.29, 0.717) is 21.9 Å². The molecular weight excluding hydrogens is 406 g/mol. The van der Waals surface area contributed by atoms with Gasteiger partial charge >= 0.3 is 0 Å². The average Bonchev–Trinajstić information content (AvgIpc) is 3.05. The molecule has 0 amide bonds. The van der Waals surface area contributed by atoms with E-state index in [9.17, 15) is 4.79 Å². The highest BCUT2D eigenvalue weighted by Crippen LogP contribution is 2.33. The summed E-state index contributed by atoms with van der Waals surface area (Å²) in [6, 6.07) is 11.2. The van der Waals surface area contributed by atoms with E-state index in [4.69, 9.17) is 16.0 Å². The van der Waals surface area contributed by atoms with Gasteiger partial charge in [-0.15, -0.1) is 0 Å². The minimum absolute atomic E-state index is 0.0748. The number of thioether (sulfide) groups is 2. The van der Waals surface area contributed by atoms with E-state index in [1.807, 2.05) is 24.3 Å². The molecule has 0 unspecified atom stereocenters. The molecule has 1 aromatic carbocycles. The maximum atomic E-state index is 12.0. The lowest BCUT2D eigenvalue weighted by Crippen LogP contribution is -1.88. The van der Waals surface area contributed by atoms with E-state index in [1.54, 1.807) is 18.2 Å². The van der Waals surface area contributed by atoms with Crippen molar-refractivity contribution in [1.82, 2.24) is 0 Å². The van der Waals surface area contributed by atoms with Crippen LogP contribution in [0.3, 0.4) is 0 Å². The molecule has 3 rings (SSSR count). The first kappa shape index (κ1) is 15.9. The van der Waals surface area contributed by atoms with Gasteiger partial charge in [0.1, 0.15) is 15.8 Å². The summed E-state index contributed by atoms with van der Waals surface area (Å²) in [6.45, 7) is 0. The molecule has 1 aromatic heterocycles. The zero-order valence-electron chi connectivity index (χ0n) is 11.1. The Hall–Kier alpha value is -0.950. The highest BCUT2D eigenvalue weighted by atomic mass is 79.9. The van der Waals surface area contributed by atoms with Crippen LogP contribution in [0.25, 0.3) is 6.08 Å². The van der Waals surface area contributed by atoms with Crippen molar-refractivity contribution in [2.24, 2.45) is 4.99 Å². The summed E-state index contributed by atoms with van der Waals surface area (Å²) in [6.07, 6.45) is 1.64. The van der Waals surface area contributed by atoms with E-state index in [1.165, 1.54) is 11.8 Å². The van der Waals surface area contributed by atoms with Crippen LogP contribution < -0.4 is 0 Å². The standard InChI is InChI=1S/C15H9BrClNO2S2/c16-13-6-5-10(20-13)7-12-14(19)22-15(18-12)21-8-9-3-1-2-4-11(9)17/h1-7H,8H2. The van der Waals surface area contributed by atoms with Crippen LogP contribution in [0, 0.1) is 0 Å². The van der Waals surface area contributed by atoms with Gasteiger partial charge in [-0.05, 0) is 51.5 Å². The number of hydrogen-bond acceptors (Lipinski definition) is 5. The Morgan fingerprint density at radius 3 is 2.86 bits per heavy atom. The molecule has 1 aliphatic heterocycles. The Bertz CT molecular complexity index is 785. The molecule has 0 fully saturated rings. The monoisotopic (exact) mass is 413 g/mol. The van der Waals surface area contributed by atoms with Gasteiger partial charge in [-0.1, -0.05) is 41.6 Å². The van der Waals surface area contributed by atoms with Gasteiger partial charge in [-0.2, -0.15) is 0 Å². The van der Waals surface area contributed by atoms with Gasteiger partial charge in [0.25, 0.3) is 0 Å². The average molecular weight is 415 g/mol. The molecule has 2 heterocycles. The Morgan fingerprint density at radius 1 is 1.32 bits per heavy atom. The van der Waals surface area contributed by atoms with Gasteiger partial charge in [-0.25, -0.2) is 4.99 Å². The van der Waals surface area contributed by atoms with Crippen LogP contribution in [0.2, 0.25) is 5.02 Å². The summed E-state index contributed by atoms with van der Waals surface area (Å²) in [5.74, 6) is 1.27. The first-order valence-corrected chi connectivity index (χ1v) is 9.23. The van der Waals surface area contributed by atoms with Gasteiger partial charge < -0.3 is 4.42 Å². The molecule has 0 saturated carbocycles. The first-order chi connectivity index (χ1) is 10.6. The summed E-state index contributed by atoms with van der Waals surface area (Å²) in [4.78, 5) is 16.3. The quantitative estimate of drug-likeness (QED) is 0.613. The van der Waals surface area contributed by atoms with Crippen LogP contribution in [0.5, 0.6) is 0 Å². The molecule has 22 heavy (non-hydrogen) atoms. The van der Waals surface area contributed by atoms with E-state index in [0.717, 1.165) is 26.7 Å². The number of nitrogens with zero attached hydrogens (tertiary/aromatic N) is 1. The van der Waals surface area contributed by atoms with Gasteiger partial charge in [0.15, 0.2) is 4.67 Å². The van der Waals surface area contributed by atoms with Gasteiger partial charge in [0, 0.05) is 16.9 Å². The summed E-state index contributed by atoms with van der Waals surface area (Å²) in [7, 11) is 0. The number of benzene rings is 1. The third-order valence-electron chi connectivity index (χ3n) is 2.78. The maximum Gasteiger partial charge on any atom is 0.244 e. The molecule has 0 bridgehead atoms. The topological polar surface area (TPSA) is 42.6 Å². The normalized spacial score (nSPS) is 16.4. The predicted molar refractivity (Wildman–Crippen MR) is 97.2 cm³/mol. The van der Waals surface area contributed by atoms with Crippen molar-refractivity contribution in [2.75, 3.05) is 0 Å². The molecule has 0 spiro atoms. The molecule has 7 heteroatoms. The minimum atomic E-state index is -0.0748. The number of hydrogen-bond donors (Lipinski definition) is 0. The lowest BCUT2D eigenvalue weighted by atomic mass is 10.2. The molecule has 0 atom stereocenters. The second-order valence-electron chi connectivity index (χ2n) is 4.32. The number of carbonyl (C=O) groups excluding carboxylic acids is 1. The van der Waals surface area contributed by atoms with Gasteiger partial charge in [-0.3, -0.25) is 4.79 Å². The Balaban J connectivity index is 1.71. The fourth-order valence-electron chi connectivity index (χ4n) is 1.75. The van der Waals surface area contributed by atoms with Crippen LogP contribution in [-0.4, -0.2) is 9.49 Å². The highest BCUT2D eigenvalue weighted by Gasteiger charge is 2.23. The van der Waals surface area contributed by atoms with Crippen molar-refractivity contribution >= 4 is 66.6 Å². The second-order valence-corrected chi connectivity index (χ2v) is 7.69. The van der Waals surface area contributed by atoms with E-state index < -0.39 is 0 Å². The number of aliphatic imine (C=N–C) groups is 1. The predicted octanol–water partition coefficient (Wildman–Crippen LogP) is 5.60. The SMILES string of the molecule is O=C1SC(SCc2ccccc2Cl)=NC1=Cc1ccc(Br)o1. The van der Waals surface area contributed by atoms with Crippen molar-refractivity contribution < 1.29 is 9.21 Å². The van der Waals surface area contributed by atoms with Gasteiger partial charge in [0.05, 0.1) is 0 Å². The summed E-state index contributed by atoms with van der Waals surface area (Å²) in [5, 5.41) is 0.648. The summed E-state index contributed by atoms with van der Waals surface area (Å²) < 4.78 is 6.70. The smallest absolute Gasteiger partial charge is 0.244 e. The van der Waals surface area contributed by atoms with Gasteiger partial charge in [0.2, 0.25) is 5.12 Å². The fourth-order valence-corrected chi connectivity index (χ4v) is 4.19. The van der Waals surface area contributed by atoms with Crippen molar-refractivity contribution in [3.63, 3.8) is 0 Å². The third-order valence-corrected chi connectivity index (χ3v) is 5.64. The van der Waals surface area contributed by atoms with Crippen molar-refractivity contribution in [3.8, 4) is 0 Å². The summed E-state index contributed by atoms with van der Waals surface area (Å²) >= 11 is 12.0.